The van der Waals surface area contributed by atoms with E-state index in [4.69, 9.17) is 15.2 Å². The molecule has 0 aromatic heterocycles. The number of amides is 1. The van der Waals surface area contributed by atoms with E-state index in [1.165, 1.54) is 0 Å². The number of nitrogens with zero attached hydrogens (tertiary/aromatic N) is 1. The van der Waals surface area contributed by atoms with Gasteiger partial charge in [-0.25, -0.2) is 0 Å². The summed E-state index contributed by atoms with van der Waals surface area (Å²) in [4.78, 5) is 14.7. The molecule has 0 spiro atoms. The van der Waals surface area contributed by atoms with Gasteiger partial charge in [0.1, 0.15) is 11.5 Å². The van der Waals surface area contributed by atoms with E-state index in [2.05, 4.69) is 6.92 Å². The molecular weight excluding hydrogens is 304 g/mol. The van der Waals surface area contributed by atoms with Crippen molar-refractivity contribution in [3.05, 3.63) is 48.0 Å². The maximum Gasteiger partial charge on any atom is 0.268 e. The highest BCUT2D eigenvalue weighted by Gasteiger charge is 2.33. The summed E-state index contributed by atoms with van der Waals surface area (Å²) in [5, 5.41) is 0. The number of anilines is 2. The van der Waals surface area contributed by atoms with Crippen LogP contribution in [0.25, 0.3) is 0 Å². The third-order valence-electron chi connectivity index (χ3n) is 4.13. The summed E-state index contributed by atoms with van der Waals surface area (Å²) in [7, 11) is 1.58. The van der Waals surface area contributed by atoms with E-state index < -0.39 is 6.10 Å². The molecule has 126 valence electrons. The summed E-state index contributed by atoms with van der Waals surface area (Å²) in [6.07, 6.45) is 0.823. The molecule has 5 heteroatoms. The first-order valence-electron chi connectivity index (χ1n) is 8.13. The van der Waals surface area contributed by atoms with E-state index in [1.807, 2.05) is 47.4 Å². The third-order valence-corrected chi connectivity index (χ3v) is 4.13. The molecule has 1 heterocycles. The Hall–Kier alpha value is -2.69. The van der Waals surface area contributed by atoms with Gasteiger partial charge in [0.25, 0.3) is 5.91 Å². The Bertz CT molecular complexity index is 745. The summed E-state index contributed by atoms with van der Waals surface area (Å²) < 4.78 is 11.1. The van der Waals surface area contributed by atoms with Gasteiger partial charge >= 0.3 is 0 Å². The number of hydrogen-bond donors (Lipinski definition) is 1. The number of hydrogen-bond acceptors (Lipinski definition) is 4. The van der Waals surface area contributed by atoms with Crippen LogP contribution in [0.3, 0.4) is 0 Å². The third kappa shape index (κ3) is 3.02. The average molecular weight is 326 g/mol. The molecule has 3 rings (SSSR count). The summed E-state index contributed by atoms with van der Waals surface area (Å²) >= 11 is 0. The van der Waals surface area contributed by atoms with Crippen molar-refractivity contribution in [2.24, 2.45) is 0 Å². The van der Waals surface area contributed by atoms with Gasteiger partial charge in [0, 0.05) is 13.0 Å². The molecule has 5 nitrogen and oxygen atoms in total. The van der Waals surface area contributed by atoms with Crippen molar-refractivity contribution in [3.63, 3.8) is 0 Å². The molecule has 0 bridgehead atoms. The molecule has 0 radical (unpaired) electrons. The quantitative estimate of drug-likeness (QED) is 0.858. The van der Waals surface area contributed by atoms with E-state index in [1.54, 1.807) is 7.11 Å². The van der Waals surface area contributed by atoms with Crippen LogP contribution in [0.4, 0.5) is 11.4 Å². The van der Waals surface area contributed by atoms with E-state index in [0.29, 0.717) is 24.4 Å². The Balaban J connectivity index is 1.86. The summed E-state index contributed by atoms with van der Waals surface area (Å²) in [5.74, 6) is 1.37. The standard InChI is InChI=1S/C19H22N2O3/c1-3-10-21-15-6-4-5-7-17(15)24-18(19(21)22)12-13-8-9-16(23-2)14(20)11-13/h4-9,11,18H,3,10,12,20H2,1-2H3. The van der Waals surface area contributed by atoms with Crippen LogP contribution in [0.5, 0.6) is 11.5 Å². The van der Waals surface area contributed by atoms with Crippen molar-refractivity contribution in [2.45, 2.75) is 25.9 Å². The Kier molecular flexibility index (Phi) is 4.60. The van der Waals surface area contributed by atoms with Crippen molar-refractivity contribution < 1.29 is 14.3 Å². The number of carbonyl (C=O) groups is 1. The molecule has 2 aromatic rings. The number of rotatable bonds is 5. The van der Waals surface area contributed by atoms with Gasteiger partial charge in [-0.05, 0) is 36.2 Å². The first-order valence-corrected chi connectivity index (χ1v) is 8.13. The highest BCUT2D eigenvalue weighted by molar-refractivity contribution is 6.00. The first-order chi connectivity index (χ1) is 11.6. The topological polar surface area (TPSA) is 64.8 Å². The lowest BCUT2D eigenvalue weighted by atomic mass is 10.0. The Morgan fingerprint density at radius 3 is 2.75 bits per heavy atom. The minimum atomic E-state index is -0.542. The number of benzene rings is 2. The zero-order valence-electron chi connectivity index (χ0n) is 14.0. The van der Waals surface area contributed by atoms with Crippen molar-refractivity contribution in [2.75, 3.05) is 24.3 Å². The van der Waals surface area contributed by atoms with Crippen molar-refractivity contribution >= 4 is 17.3 Å². The first kappa shape index (κ1) is 16.2. The van der Waals surface area contributed by atoms with Gasteiger partial charge in [0.2, 0.25) is 0 Å². The lowest BCUT2D eigenvalue weighted by molar-refractivity contribution is -0.126. The maximum absolute atomic E-state index is 12.8. The lowest BCUT2D eigenvalue weighted by Gasteiger charge is -2.34. The van der Waals surface area contributed by atoms with Gasteiger partial charge in [-0.2, -0.15) is 0 Å². The van der Waals surface area contributed by atoms with Gasteiger partial charge < -0.3 is 20.1 Å². The van der Waals surface area contributed by atoms with Crippen LogP contribution in [0.2, 0.25) is 0 Å². The minimum Gasteiger partial charge on any atom is -0.495 e. The van der Waals surface area contributed by atoms with Crippen LogP contribution >= 0.6 is 0 Å². The van der Waals surface area contributed by atoms with Gasteiger partial charge in [-0.3, -0.25) is 4.79 Å². The predicted octanol–water partition coefficient (Wildman–Crippen LogP) is 3.02. The molecule has 24 heavy (non-hydrogen) atoms. The number of ether oxygens (including phenoxy) is 2. The largest absolute Gasteiger partial charge is 0.495 e. The summed E-state index contributed by atoms with van der Waals surface area (Å²) in [6, 6.07) is 13.2. The van der Waals surface area contributed by atoms with Crippen LogP contribution in [0.15, 0.2) is 42.5 Å². The van der Waals surface area contributed by atoms with Crippen LogP contribution < -0.4 is 20.1 Å². The fourth-order valence-corrected chi connectivity index (χ4v) is 2.98. The molecule has 2 N–H and O–H groups in total. The van der Waals surface area contributed by atoms with Crippen molar-refractivity contribution in [1.82, 2.24) is 0 Å². The number of nitrogen functional groups attached to an aromatic ring is 1. The second-order valence-corrected chi connectivity index (χ2v) is 5.84. The highest BCUT2D eigenvalue weighted by atomic mass is 16.5. The summed E-state index contributed by atoms with van der Waals surface area (Å²) in [6.45, 7) is 2.74. The summed E-state index contributed by atoms with van der Waals surface area (Å²) in [5.41, 5.74) is 8.31. The number of methoxy groups -OCH3 is 1. The number of para-hydroxylation sites is 2. The van der Waals surface area contributed by atoms with Crippen LogP contribution in [-0.2, 0) is 11.2 Å². The Morgan fingerprint density at radius 2 is 2.04 bits per heavy atom. The second-order valence-electron chi connectivity index (χ2n) is 5.84. The van der Waals surface area contributed by atoms with E-state index in [9.17, 15) is 4.79 Å². The van der Waals surface area contributed by atoms with Gasteiger partial charge in [-0.15, -0.1) is 0 Å². The Morgan fingerprint density at radius 1 is 1.25 bits per heavy atom. The lowest BCUT2D eigenvalue weighted by Crippen LogP contribution is -2.47. The number of carbonyl (C=O) groups excluding carboxylic acids is 1. The molecule has 1 atom stereocenters. The smallest absolute Gasteiger partial charge is 0.268 e. The van der Waals surface area contributed by atoms with E-state index in [0.717, 1.165) is 23.4 Å². The molecule has 1 aliphatic rings. The van der Waals surface area contributed by atoms with E-state index in [-0.39, 0.29) is 5.91 Å². The molecule has 0 saturated heterocycles. The minimum absolute atomic E-state index is 0.00932. The fourth-order valence-electron chi connectivity index (χ4n) is 2.98. The molecule has 0 fully saturated rings. The molecule has 2 aromatic carbocycles. The molecule has 1 amide bonds. The van der Waals surface area contributed by atoms with Gasteiger partial charge in [0.15, 0.2) is 6.10 Å². The zero-order chi connectivity index (χ0) is 17.1. The Labute approximate surface area is 142 Å². The number of fused-ring (bicyclic) bond motifs is 1. The molecule has 1 aliphatic heterocycles. The second kappa shape index (κ2) is 6.83. The molecular formula is C19H22N2O3. The van der Waals surface area contributed by atoms with Crippen molar-refractivity contribution in [1.29, 1.82) is 0 Å². The number of nitrogens with two attached hydrogens (primary N) is 1. The van der Waals surface area contributed by atoms with Crippen LogP contribution in [0, 0.1) is 0 Å². The van der Waals surface area contributed by atoms with E-state index >= 15 is 0 Å². The molecule has 0 aliphatic carbocycles. The highest BCUT2D eigenvalue weighted by Crippen LogP contribution is 2.35. The van der Waals surface area contributed by atoms with Gasteiger partial charge in [-0.1, -0.05) is 25.1 Å². The molecule has 0 saturated carbocycles. The van der Waals surface area contributed by atoms with Gasteiger partial charge in [0.05, 0.1) is 18.5 Å². The maximum atomic E-state index is 12.8. The van der Waals surface area contributed by atoms with Crippen LogP contribution in [0.1, 0.15) is 18.9 Å². The normalized spacial score (nSPS) is 16.5. The SMILES string of the molecule is CCCN1C(=O)C(Cc2ccc(OC)c(N)c2)Oc2ccccc21. The monoisotopic (exact) mass is 326 g/mol. The van der Waals surface area contributed by atoms with Crippen LogP contribution in [-0.4, -0.2) is 25.7 Å². The fraction of sp³-hybridized carbons (Fsp3) is 0.316. The average Bonchev–Trinajstić information content (AvgIpc) is 2.59. The predicted molar refractivity (Wildman–Crippen MR) is 94.6 cm³/mol. The zero-order valence-corrected chi connectivity index (χ0v) is 14.0. The molecule has 1 unspecified atom stereocenters. The van der Waals surface area contributed by atoms with Crippen molar-refractivity contribution in [3.8, 4) is 11.5 Å².